The molecule has 0 saturated heterocycles. The molecule has 6 heteroatoms. The number of carbonyl (C=O) groups excluding carboxylic acids is 2. The fraction of sp³-hybridized carbons (Fsp3) is 0.429. The molecule has 3 N–H and O–H groups in total. The van der Waals surface area contributed by atoms with E-state index in [9.17, 15) is 14.7 Å². The average Bonchev–Trinajstić information content (AvgIpc) is 3.19. The largest absolute Gasteiger partial charge is 0.391 e. The van der Waals surface area contributed by atoms with Crippen LogP contribution >= 0.6 is 15.9 Å². The molecule has 0 radical (unpaired) electrons. The molecule has 0 aromatic heterocycles. The summed E-state index contributed by atoms with van der Waals surface area (Å²) in [5.41, 5.74) is 0.607. The van der Waals surface area contributed by atoms with Crippen LogP contribution < -0.4 is 10.6 Å². The number of aliphatic hydroxyl groups excluding tert-OH is 1. The summed E-state index contributed by atoms with van der Waals surface area (Å²) in [7, 11) is 0. The van der Waals surface area contributed by atoms with Gasteiger partial charge in [-0.3, -0.25) is 9.59 Å². The van der Waals surface area contributed by atoms with Gasteiger partial charge in [0, 0.05) is 16.1 Å². The molecule has 2 rings (SSSR count). The summed E-state index contributed by atoms with van der Waals surface area (Å²) in [6.07, 6.45) is 0.752. The lowest BCUT2D eigenvalue weighted by Gasteiger charge is -2.21. The second kappa shape index (κ2) is 6.37. The van der Waals surface area contributed by atoms with Gasteiger partial charge in [0.1, 0.15) is 6.04 Å². The topological polar surface area (TPSA) is 78.4 Å². The van der Waals surface area contributed by atoms with Crippen molar-refractivity contribution in [2.24, 2.45) is 5.92 Å². The van der Waals surface area contributed by atoms with Crippen molar-refractivity contribution in [1.29, 1.82) is 0 Å². The van der Waals surface area contributed by atoms with E-state index < -0.39 is 18.1 Å². The lowest BCUT2D eigenvalue weighted by molar-refractivity contribution is -0.129. The molecule has 1 aromatic rings. The van der Waals surface area contributed by atoms with Crippen molar-refractivity contribution in [3.05, 3.63) is 28.7 Å². The summed E-state index contributed by atoms with van der Waals surface area (Å²) >= 11 is 3.32. The minimum absolute atomic E-state index is 0.00470. The Labute approximate surface area is 125 Å². The van der Waals surface area contributed by atoms with Crippen LogP contribution in [-0.4, -0.2) is 29.1 Å². The molecule has 2 atom stereocenters. The van der Waals surface area contributed by atoms with Gasteiger partial charge in [0.2, 0.25) is 11.8 Å². The van der Waals surface area contributed by atoms with Crippen molar-refractivity contribution < 1.29 is 14.7 Å². The van der Waals surface area contributed by atoms with E-state index in [0.29, 0.717) is 5.69 Å². The highest BCUT2D eigenvalue weighted by Crippen LogP contribution is 2.29. The molecule has 1 aliphatic rings. The maximum Gasteiger partial charge on any atom is 0.249 e. The van der Waals surface area contributed by atoms with Gasteiger partial charge in [-0.25, -0.2) is 0 Å². The molecule has 0 bridgehead atoms. The number of anilines is 1. The molecule has 1 aromatic carbocycles. The number of hydrogen-bond acceptors (Lipinski definition) is 3. The molecule has 5 nitrogen and oxygen atoms in total. The smallest absolute Gasteiger partial charge is 0.249 e. The molecular weight excluding hydrogens is 324 g/mol. The Bertz CT molecular complexity index is 515. The monoisotopic (exact) mass is 340 g/mol. The summed E-state index contributed by atoms with van der Waals surface area (Å²) in [4.78, 5) is 23.9. The van der Waals surface area contributed by atoms with Gasteiger partial charge in [0.25, 0.3) is 0 Å². The quantitative estimate of drug-likeness (QED) is 0.762. The van der Waals surface area contributed by atoms with Crippen molar-refractivity contribution >= 4 is 33.4 Å². The third-order valence-corrected chi connectivity index (χ3v) is 3.60. The molecule has 0 aliphatic heterocycles. The van der Waals surface area contributed by atoms with E-state index in [0.717, 1.165) is 17.3 Å². The molecule has 2 amide bonds. The van der Waals surface area contributed by atoms with Crippen LogP contribution in [-0.2, 0) is 9.59 Å². The molecule has 1 aliphatic carbocycles. The van der Waals surface area contributed by atoms with Crippen LogP contribution in [0.2, 0.25) is 0 Å². The summed E-state index contributed by atoms with van der Waals surface area (Å²) in [6.45, 7) is 1.48. The fourth-order valence-electron chi connectivity index (χ4n) is 1.81. The van der Waals surface area contributed by atoms with Gasteiger partial charge < -0.3 is 15.7 Å². The van der Waals surface area contributed by atoms with E-state index in [1.807, 2.05) is 6.07 Å². The van der Waals surface area contributed by atoms with Crippen LogP contribution in [0.5, 0.6) is 0 Å². The highest BCUT2D eigenvalue weighted by Gasteiger charge is 2.34. The molecule has 0 spiro atoms. The fourth-order valence-corrected chi connectivity index (χ4v) is 2.21. The van der Waals surface area contributed by atoms with Crippen LogP contribution in [0.25, 0.3) is 0 Å². The van der Waals surface area contributed by atoms with Gasteiger partial charge in [0.05, 0.1) is 6.10 Å². The first-order chi connectivity index (χ1) is 9.47. The first-order valence-corrected chi connectivity index (χ1v) is 7.31. The molecule has 1 saturated carbocycles. The first-order valence-electron chi connectivity index (χ1n) is 6.52. The van der Waals surface area contributed by atoms with Crippen LogP contribution in [0.3, 0.4) is 0 Å². The first kappa shape index (κ1) is 15.0. The van der Waals surface area contributed by atoms with Crippen molar-refractivity contribution in [2.75, 3.05) is 5.32 Å². The maximum absolute atomic E-state index is 12.1. The van der Waals surface area contributed by atoms with Crippen LogP contribution in [0, 0.1) is 5.92 Å². The summed E-state index contributed by atoms with van der Waals surface area (Å²) in [6, 6.07) is 6.18. The number of nitrogens with one attached hydrogen (secondary N) is 2. The minimum Gasteiger partial charge on any atom is -0.391 e. The van der Waals surface area contributed by atoms with E-state index in [1.54, 1.807) is 18.2 Å². The average molecular weight is 341 g/mol. The lowest BCUT2D eigenvalue weighted by Crippen LogP contribution is -2.50. The third kappa shape index (κ3) is 4.05. The molecule has 20 heavy (non-hydrogen) atoms. The van der Waals surface area contributed by atoms with Gasteiger partial charge in [0.15, 0.2) is 0 Å². The van der Waals surface area contributed by atoms with Crippen LogP contribution in [0.1, 0.15) is 19.8 Å². The van der Waals surface area contributed by atoms with E-state index in [-0.39, 0.29) is 11.8 Å². The van der Waals surface area contributed by atoms with Gasteiger partial charge in [-0.1, -0.05) is 22.0 Å². The third-order valence-electron chi connectivity index (χ3n) is 3.10. The normalized spacial score (nSPS) is 17.1. The van der Waals surface area contributed by atoms with Gasteiger partial charge in [-0.15, -0.1) is 0 Å². The summed E-state index contributed by atoms with van der Waals surface area (Å²) in [5.74, 6) is -0.595. The molecule has 108 valence electrons. The number of hydrogen-bond donors (Lipinski definition) is 3. The van der Waals surface area contributed by atoms with E-state index in [1.165, 1.54) is 6.92 Å². The van der Waals surface area contributed by atoms with E-state index in [4.69, 9.17) is 0 Å². The van der Waals surface area contributed by atoms with E-state index >= 15 is 0 Å². The molecule has 1 fully saturated rings. The number of benzene rings is 1. The number of rotatable bonds is 5. The van der Waals surface area contributed by atoms with Crippen molar-refractivity contribution in [3.8, 4) is 0 Å². The van der Waals surface area contributed by atoms with Gasteiger partial charge in [-0.05, 0) is 38.0 Å². The highest BCUT2D eigenvalue weighted by molar-refractivity contribution is 9.10. The van der Waals surface area contributed by atoms with Crippen LogP contribution in [0.4, 0.5) is 5.69 Å². The van der Waals surface area contributed by atoms with E-state index in [2.05, 4.69) is 26.6 Å². The Balaban J connectivity index is 2.00. The Kier molecular flexibility index (Phi) is 4.77. The Morgan fingerprint density at radius 1 is 1.40 bits per heavy atom. The van der Waals surface area contributed by atoms with Gasteiger partial charge in [-0.2, -0.15) is 0 Å². The Morgan fingerprint density at radius 3 is 2.65 bits per heavy atom. The molecule has 0 heterocycles. The second-order valence-electron chi connectivity index (χ2n) is 5.00. The zero-order chi connectivity index (χ0) is 14.7. The highest BCUT2D eigenvalue weighted by atomic mass is 79.9. The molecular formula is C14H17BrN2O3. The van der Waals surface area contributed by atoms with Crippen molar-refractivity contribution in [3.63, 3.8) is 0 Å². The summed E-state index contributed by atoms with van der Waals surface area (Å²) in [5, 5.41) is 15.0. The SMILES string of the molecule is CC(O)C(NC(=O)C1CC1)C(=O)Nc1cccc(Br)c1. The van der Waals surface area contributed by atoms with Crippen LogP contribution in [0.15, 0.2) is 28.7 Å². The lowest BCUT2D eigenvalue weighted by atomic mass is 10.1. The number of aliphatic hydroxyl groups is 1. The maximum atomic E-state index is 12.1. The number of amides is 2. The Hall–Kier alpha value is -1.40. The van der Waals surface area contributed by atoms with Crippen molar-refractivity contribution in [2.45, 2.75) is 31.9 Å². The van der Waals surface area contributed by atoms with Gasteiger partial charge >= 0.3 is 0 Å². The van der Waals surface area contributed by atoms with Crippen molar-refractivity contribution in [1.82, 2.24) is 5.32 Å². The standard InChI is InChI=1S/C14H17BrN2O3/c1-8(18)12(17-13(19)9-5-6-9)14(20)16-11-4-2-3-10(15)7-11/h2-4,7-9,12,18H,5-6H2,1H3,(H,16,20)(H,17,19). The zero-order valence-corrected chi connectivity index (χ0v) is 12.7. The molecule has 2 unspecified atom stereocenters. The number of halogens is 1. The zero-order valence-electron chi connectivity index (χ0n) is 11.1. The Morgan fingerprint density at radius 2 is 2.10 bits per heavy atom. The second-order valence-corrected chi connectivity index (χ2v) is 5.92. The minimum atomic E-state index is -0.954. The summed E-state index contributed by atoms with van der Waals surface area (Å²) < 4.78 is 0.839. The number of carbonyl (C=O) groups is 2. The predicted molar refractivity (Wildman–Crippen MR) is 79.1 cm³/mol. The predicted octanol–water partition coefficient (Wildman–Crippen LogP) is 1.66.